The maximum Gasteiger partial charge on any atom is 0.131 e. The predicted molar refractivity (Wildman–Crippen MR) is 69.7 cm³/mol. The third-order valence-electron chi connectivity index (χ3n) is 2.97. The van der Waals surface area contributed by atoms with Crippen molar-refractivity contribution in [2.75, 3.05) is 13.1 Å². The standard InChI is InChI=1S/C14H21F2NO2/c1-3-7-14(2,19)9-17-8-12(18)13-10(15)5-4-6-11(13)16/h4-6,12,17-19H,3,7-9H2,1-2H3. The maximum atomic E-state index is 13.4. The summed E-state index contributed by atoms with van der Waals surface area (Å²) in [5.74, 6) is -1.54. The molecule has 1 rings (SSSR count). The van der Waals surface area contributed by atoms with Gasteiger partial charge in [-0.1, -0.05) is 19.4 Å². The second-order valence-electron chi connectivity index (χ2n) is 5.03. The summed E-state index contributed by atoms with van der Waals surface area (Å²) >= 11 is 0. The molecule has 2 atom stereocenters. The lowest BCUT2D eigenvalue weighted by Crippen LogP contribution is -2.39. The monoisotopic (exact) mass is 273 g/mol. The summed E-state index contributed by atoms with van der Waals surface area (Å²) in [5.41, 5.74) is -1.23. The molecule has 0 saturated carbocycles. The molecule has 2 unspecified atom stereocenters. The summed E-state index contributed by atoms with van der Waals surface area (Å²) in [6.45, 7) is 3.88. The Kier molecular flexibility index (Phi) is 5.85. The van der Waals surface area contributed by atoms with Crippen LogP contribution in [0.2, 0.25) is 0 Å². The van der Waals surface area contributed by atoms with Crippen LogP contribution in [0.1, 0.15) is 38.4 Å². The zero-order valence-corrected chi connectivity index (χ0v) is 11.3. The molecule has 3 N–H and O–H groups in total. The van der Waals surface area contributed by atoms with Crippen LogP contribution in [0.3, 0.4) is 0 Å². The second-order valence-corrected chi connectivity index (χ2v) is 5.03. The van der Waals surface area contributed by atoms with Crippen molar-refractivity contribution in [3.63, 3.8) is 0 Å². The van der Waals surface area contributed by atoms with Gasteiger partial charge in [0.15, 0.2) is 0 Å². The van der Waals surface area contributed by atoms with Crippen LogP contribution in [0.4, 0.5) is 8.78 Å². The normalized spacial score (nSPS) is 16.1. The number of halogens is 2. The van der Waals surface area contributed by atoms with Crippen molar-refractivity contribution in [1.29, 1.82) is 0 Å². The minimum Gasteiger partial charge on any atom is -0.389 e. The van der Waals surface area contributed by atoms with Crippen LogP contribution in [-0.2, 0) is 0 Å². The van der Waals surface area contributed by atoms with Crippen LogP contribution >= 0.6 is 0 Å². The molecule has 19 heavy (non-hydrogen) atoms. The highest BCUT2D eigenvalue weighted by Gasteiger charge is 2.21. The molecule has 108 valence electrons. The SMILES string of the molecule is CCCC(C)(O)CNCC(O)c1c(F)cccc1F. The highest BCUT2D eigenvalue weighted by Crippen LogP contribution is 2.20. The Labute approximate surface area is 112 Å². The molecule has 0 amide bonds. The van der Waals surface area contributed by atoms with Crippen molar-refractivity contribution in [3.05, 3.63) is 35.4 Å². The number of hydrogen-bond donors (Lipinski definition) is 3. The van der Waals surface area contributed by atoms with Gasteiger partial charge in [-0.3, -0.25) is 0 Å². The molecule has 3 nitrogen and oxygen atoms in total. The lowest BCUT2D eigenvalue weighted by molar-refractivity contribution is 0.0458. The fourth-order valence-corrected chi connectivity index (χ4v) is 2.04. The van der Waals surface area contributed by atoms with Gasteiger partial charge < -0.3 is 15.5 Å². The van der Waals surface area contributed by atoms with Gasteiger partial charge in [0, 0.05) is 13.1 Å². The van der Waals surface area contributed by atoms with Crippen molar-refractivity contribution in [1.82, 2.24) is 5.32 Å². The molecule has 5 heteroatoms. The largest absolute Gasteiger partial charge is 0.389 e. The van der Waals surface area contributed by atoms with Crippen LogP contribution in [-0.4, -0.2) is 28.9 Å². The van der Waals surface area contributed by atoms with Gasteiger partial charge in [0.2, 0.25) is 0 Å². The van der Waals surface area contributed by atoms with E-state index in [4.69, 9.17) is 0 Å². The first-order valence-corrected chi connectivity index (χ1v) is 6.42. The average molecular weight is 273 g/mol. The van der Waals surface area contributed by atoms with E-state index >= 15 is 0 Å². The first-order valence-electron chi connectivity index (χ1n) is 6.42. The summed E-state index contributed by atoms with van der Waals surface area (Å²) in [6, 6.07) is 3.46. The van der Waals surface area contributed by atoms with Crippen molar-refractivity contribution in [2.45, 2.75) is 38.4 Å². The number of benzene rings is 1. The summed E-state index contributed by atoms with van der Waals surface area (Å²) in [7, 11) is 0. The van der Waals surface area contributed by atoms with E-state index in [-0.39, 0.29) is 18.7 Å². The second kappa shape index (κ2) is 6.93. The first-order chi connectivity index (χ1) is 8.87. The van der Waals surface area contributed by atoms with Crippen LogP contribution in [0.5, 0.6) is 0 Å². The fraction of sp³-hybridized carbons (Fsp3) is 0.571. The highest BCUT2D eigenvalue weighted by molar-refractivity contribution is 5.22. The Bertz CT molecular complexity index is 390. The van der Waals surface area contributed by atoms with Gasteiger partial charge in [0.25, 0.3) is 0 Å². The van der Waals surface area contributed by atoms with E-state index in [2.05, 4.69) is 5.32 Å². The van der Waals surface area contributed by atoms with Crippen molar-refractivity contribution in [2.24, 2.45) is 0 Å². The summed E-state index contributed by atoms with van der Waals surface area (Å²) in [4.78, 5) is 0. The molecular formula is C14H21F2NO2. The Balaban J connectivity index is 2.54. The average Bonchev–Trinajstić information content (AvgIpc) is 2.28. The molecule has 0 saturated heterocycles. The van der Waals surface area contributed by atoms with E-state index in [1.807, 2.05) is 6.92 Å². The molecule has 0 spiro atoms. The quantitative estimate of drug-likeness (QED) is 0.713. The first kappa shape index (κ1) is 16.0. The van der Waals surface area contributed by atoms with E-state index < -0.39 is 23.3 Å². The van der Waals surface area contributed by atoms with Crippen LogP contribution in [0, 0.1) is 11.6 Å². The van der Waals surface area contributed by atoms with Gasteiger partial charge in [0.05, 0.1) is 17.3 Å². The van der Waals surface area contributed by atoms with Crippen molar-refractivity contribution < 1.29 is 19.0 Å². The molecule has 0 bridgehead atoms. The van der Waals surface area contributed by atoms with Crippen molar-refractivity contribution in [3.8, 4) is 0 Å². The highest BCUT2D eigenvalue weighted by atomic mass is 19.1. The topological polar surface area (TPSA) is 52.5 Å². The van der Waals surface area contributed by atoms with Gasteiger partial charge in [-0.05, 0) is 25.5 Å². The molecule has 1 aromatic rings. The molecule has 0 aliphatic rings. The minimum absolute atomic E-state index is 0.0162. The Morgan fingerprint density at radius 2 is 1.89 bits per heavy atom. The minimum atomic E-state index is -1.28. The molecule has 0 fully saturated rings. The molecule has 0 aromatic heterocycles. The molecule has 0 aliphatic heterocycles. The smallest absolute Gasteiger partial charge is 0.131 e. The van der Waals surface area contributed by atoms with Crippen LogP contribution < -0.4 is 5.32 Å². The van der Waals surface area contributed by atoms with Gasteiger partial charge in [-0.25, -0.2) is 8.78 Å². The Morgan fingerprint density at radius 3 is 2.42 bits per heavy atom. The zero-order chi connectivity index (χ0) is 14.5. The van der Waals surface area contributed by atoms with Crippen molar-refractivity contribution >= 4 is 0 Å². The number of aliphatic hydroxyl groups is 2. The third kappa shape index (κ3) is 4.86. The van der Waals surface area contributed by atoms with E-state index in [1.54, 1.807) is 6.92 Å². The number of nitrogens with one attached hydrogen (secondary N) is 1. The summed E-state index contributed by atoms with van der Waals surface area (Å²) < 4.78 is 26.8. The maximum absolute atomic E-state index is 13.4. The Hall–Kier alpha value is -1.04. The van der Waals surface area contributed by atoms with Gasteiger partial charge in [0.1, 0.15) is 11.6 Å². The lowest BCUT2D eigenvalue weighted by atomic mass is 10.0. The van der Waals surface area contributed by atoms with Gasteiger partial charge in [-0.15, -0.1) is 0 Å². The van der Waals surface area contributed by atoms with Crippen LogP contribution in [0.25, 0.3) is 0 Å². The number of hydrogen-bond acceptors (Lipinski definition) is 3. The molecule has 0 radical (unpaired) electrons. The molecule has 0 heterocycles. The van der Waals surface area contributed by atoms with E-state index in [9.17, 15) is 19.0 Å². The number of rotatable bonds is 7. The van der Waals surface area contributed by atoms with Gasteiger partial charge in [-0.2, -0.15) is 0 Å². The van der Waals surface area contributed by atoms with Crippen LogP contribution in [0.15, 0.2) is 18.2 Å². The third-order valence-corrected chi connectivity index (χ3v) is 2.97. The lowest BCUT2D eigenvalue weighted by Gasteiger charge is -2.24. The zero-order valence-electron chi connectivity index (χ0n) is 11.3. The van der Waals surface area contributed by atoms with E-state index in [1.165, 1.54) is 6.07 Å². The van der Waals surface area contributed by atoms with E-state index in [0.717, 1.165) is 18.6 Å². The molecule has 1 aromatic carbocycles. The van der Waals surface area contributed by atoms with E-state index in [0.29, 0.717) is 6.42 Å². The molecule has 0 aliphatic carbocycles. The summed E-state index contributed by atoms with van der Waals surface area (Å²) in [6.07, 6.45) is 0.169. The predicted octanol–water partition coefficient (Wildman–Crippen LogP) is 2.14. The summed E-state index contributed by atoms with van der Waals surface area (Å²) in [5, 5.41) is 22.5. The van der Waals surface area contributed by atoms with Gasteiger partial charge >= 0.3 is 0 Å². The molecular weight excluding hydrogens is 252 g/mol. The fourth-order valence-electron chi connectivity index (χ4n) is 2.04. The Morgan fingerprint density at radius 1 is 1.32 bits per heavy atom. The number of aliphatic hydroxyl groups excluding tert-OH is 1.